The van der Waals surface area contributed by atoms with Gasteiger partial charge in [0, 0.05) is 12.1 Å². The first-order valence-corrected chi connectivity index (χ1v) is 6.83. The Hall–Kier alpha value is -2.76. The second kappa shape index (κ2) is 5.55. The number of hydrazine groups is 1. The molecule has 2 heterocycles. The molecule has 3 rings (SSSR count). The number of nitrogens with zero attached hydrogens (tertiary/aromatic N) is 4. The van der Waals surface area contributed by atoms with E-state index in [9.17, 15) is 5.26 Å². The van der Waals surface area contributed by atoms with Gasteiger partial charge in [-0.25, -0.2) is 0 Å². The van der Waals surface area contributed by atoms with Crippen LogP contribution >= 0.6 is 11.6 Å². The number of hydrogen-bond donors (Lipinski definition) is 4. The van der Waals surface area contributed by atoms with Gasteiger partial charge in [-0.1, -0.05) is 17.7 Å². The van der Waals surface area contributed by atoms with E-state index < -0.39 is 0 Å². The fourth-order valence-corrected chi connectivity index (χ4v) is 2.41. The lowest BCUT2D eigenvalue weighted by Gasteiger charge is -2.32. The molecule has 22 heavy (non-hydrogen) atoms. The van der Waals surface area contributed by atoms with Gasteiger partial charge in [-0.15, -0.1) is 0 Å². The van der Waals surface area contributed by atoms with Crippen molar-refractivity contribution in [2.75, 3.05) is 28.6 Å². The quantitative estimate of drug-likeness (QED) is 0.647. The average Bonchev–Trinajstić information content (AvgIpc) is 2.52. The SMILES string of the molecule is N#Cc1cccc2c1CNCN2Nc1nc(N)nc(N)c1Cl. The van der Waals surface area contributed by atoms with E-state index in [1.807, 2.05) is 12.1 Å². The molecule has 9 heteroatoms. The summed E-state index contributed by atoms with van der Waals surface area (Å²) >= 11 is 6.10. The molecular formula is C13H13ClN8. The van der Waals surface area contributed by atoms with Crippen LogP contribution < -0.4 is 27.2 Å². The number of fused-ring (bicyclic) bond motifs is 1. The molecule has 1 aromatic heterocycles. The molecule has 112 valence electrons. The van der Waals surface area contributed by atoms with Gasteiger partial charge in [-0.3, -0.25) is 15.8 Å². The number of aromatic nitrogens is 2. The lowest BCUT2D eigenvalue weighted by molar-refractivity contribution is 0.640. The summed E-state index contributed by atoms with van der Waals surface area (Å²) < 4.78 is 0. The Morgan fingerprint density at radius 3 is 2.95 bits per heavy atom. The molecule has 1 aliphatic rings. The summed E-state index contributed by atoms with van der Waals surface area (Å²) in [6.45, 7) is 1.11. The second-order valence-corrected chi connectivity index (χ2v) is 5.05. The van der Waals surface area contributed by atoms with Gasteiger partial charge in [0.25, 0.3) is 0 Å². The Bertz CT molecular complexity index is 769. The van der Waals surface area contributed by atoms with Crippen molar-refractivity contribution in [3.05, 3.63) is 34.3 Å². The summed E-state index contributed by atoms with van der Waals surface area (Å²) in [6, 6.07) is 7.69. The Morgan fingerprint density at radius 2 is 2.18 bits per heavy atom. The topological polar surface area (TPSA) is 129 Å². The average molecular weight is 317 g/mol. The highest BCUT2D eigenvalue weighted by molar-refractivity contribution is 6.35. The van der Waals surface area contributed by atoms with Crippen molar-refractivity contribution in [3.8, 4) is 6.07 Å². The van der Waals surface area contributed by atoms with Crippen LogP contribution in [-0.2, 0) is 6.54 Å². The molecule has 0 fully saturated rings. The lowest BCUT2D eigenvalue weighted by atomic mass is 10.0. The third kappa shape index (κ3) is 2.43. The van der Waals surface area contributed by atoms with E-state index in [0.29, 0.717) is 24.6 Å². The van der Waals surface area contributed by atoms with E-state index in [0.717, 1.165) is 11.3 Å². The number of benzene rings is 1. The van der Waals surface area contributed by atoms with Gasteiger partial charge in [0.15, 0.2) is 5.82 Å². The van der Waals surface area contributed by atoms with Gasteiger partial charge in [0.2, 0.25) is 5.95 Å². The Morgan fingerprint density at radius 1 is 1.36 bits per heavy atom. The fraction of sp³-hybridized carbons (Fsp3) is 0.154. The molecule has 2 aromatic rings. The maximum absolute atomic E-state index is 9.20. The van der Waals surface area contributed by atoms with E-state index in [1.54, 1.807) is 11.1 Å². The number of nitrogen functional groups attached to an aromatic ring is 2. The fourth-order valence-electron chi connectivity index (χ4n) is 2.28. The van der Waals surface area contributed by atoms with E-state index in [4.69, 9.17) is 23.1 Å². The molecular weight excluding hydrogens is 304 g/mol. The summed E-state index contributed by atoms with van der Waals surface area (Å²) in [5.41, 5.74) is 16.7. The first kappa shape index (κ1) is 14.2. The minimum absolute atomic E-state index is 0.0281. The highest BCUT2D eigenvalue weighted by Gasteiger charge is 2.21. The zero-order valence-electron chi connectivity index (χ0n) is 11.5. The molecule has 0 saturated carbocycles. The van der Waals surface area contributed by atoms with Gasteiger partial charge in [0.05, 0.1) is 24.0 Å². The predicted molar refractivity (Wildman–Crippen MR) is 84.8 cm³/mol. The first-order valence-electron chi connectivity index (χ1n) is 6.45. The zero-order valence-corrected chi connectivity index (χ0v) is 12.2. The van der Waals surface area contributed by atoms with Crippen molar-refractivity contribution in [2.45, 2.75) is 6.54 Å². The van der Waals surface area contributed by atoms with Gasteiger partial charge in [-0.05, 0) is 12.1 Å². The van der Waals surface area contributed by atoms with Crippen molar-refractivity contribution in [1.29, 1.82) is 5.26 Å². The van der Waals surface area contributed by atoms with Gasteiger partial charge >= 0.3 is 0 Å². The van der Waals surface area contributed by atoms with Crippen molar-refractivity contribution in [2.24, 2.45) is 0 Å². The van der Waals surface area contributed by atoms with Gasteiger partial charge in [-0.2, -0.15) is 15.2 Å². The minimum atomic E-state index is 0.0281. The molecule has 0 unspecified atom stereocenters. The maximum Gasteiger partial charge on any atom is 0.224 e. The van der Waals surface area contributed by atoms with Crippen LogP contribution in [0.1, 0.15) is 11.1 Å². The molecule has 0 radical (unpaired) electrons. The Balaban J connectivity index is 1.98. The first-order chi connectivity index (χ1) is 10.6. The van der Waals surface area contributed by atoms with Crippen LogP contribution in [0.4, 0.5) is 23.3 Å². The Kier molecular flexibility index (Phi) is 3.58. The van der Waals surface area contributed by atoms with Crippen LogP contribution in [-0.4, -0.2) is 16.6 Å². The van der Waals surface area contributed by atoms with Crippen molar-refractivity contribution < 1.29 is 0 Å². The number of anilines is 4. The largest absolute Gasteiger partial charge is 0.382 e. The van der Waals surface area contributed by atoms with Gasteiger partial charge < -0.3 is 11.5 Å². The standard InChI is InChI=1S/C13H13ClN8/c14-10-11(16)19-13(17)20-12(10)21-22-6-18-5-8-7(4-15)2-1-3-9(8)22/h1-3,18H,5-6H2,(H5,16,17,19,20,21). The highest BCUT2D eigenvalue weighted by Crippen LogP contribution is 2.30. The normalized spacial score (nSPS) is 13.4. The van der Waals surface area contributed by atoms with E-state index in [2.05, 4.69) is 26.8 Å². The summed E-state index contributed by atoms with van der Waals surface area (Å²) in [5, 5.41) is 14.4. The molecule has 6 N–H and O–H groups in total. The number of rotatable bonds is 2. The second-order valence-electron chi connectivity index (χ2n) is 4.67. The van der Waals surface area contributed by atoms with Crippen LogP contribution in [0, 0.1) is 11.3 Å². The summed E-state index contributed by atoms with van der Waals surface area (Å²) in [4.78, 5) is 7.85. The summed E-state index contributed by atoms with van der Waals surface area (Å²) in [6.07, 6.45) is 0. The van der Waals surface area contributed by atoms with Crippen LogP contribution in [0.2, 0.25) is 5.02 Å². The van der Waals surface area contributed by atoms with Gasteiger partial charge in [0.1, 0.15) is 10.8 Å². The van der Waals surface area contributed by atoms with Crippen LogP contribution in [0.25, 0.3) is 0 Å². The molecule has 8 nitrogen and oxygen atoms in total. The molecule has 1 aromatic carbocycles. The smallest absolute Gasteiger partial charge is 0.224 e. The molecule has 0 bridgehead atoms. The number of halogens is 1. The number of hydrogen-bond acceptors (Lipinski definition) is 8. The minimum Gasteiger partial charge on any atom is -0.382 e. The molecule has 0 saturated heterocycles. The van der Waals surface area contributed by atoms with E-state index in [1.165, 1.54) is 0 Å². The van der Waals surface area contributed by atoms with Crippen molar-refractivity contribution in [3.63, 3.8) is 0 Å². The monoisotopic (exact) mass is 316 g/mol. The molecule has 0 atom stereocenters. The van der Waals surface area contributed by atoms with E-state index in [-0.39, 0.29) is 16.8 Å². The van der Waals surface area contributed by atoms with Crippen LogP contribution in [0.15, 0.2) is 18.2 Å². The molecule has 1 aliphatic heterocycles. The number of nitrogens with one attached hydrogen (secondary N) is 2. The van der Waals surface area contributed by atoms with E-state index >= 15 is 0 Å². The Labute approximate surface area is 131 Å². The maximum atomic E-state index is 9.20. The molecule has 0 spiro atoms. The van der Waals surface area contributed by atoms with Crippen molar-refractivity contribution >= 4 is 34.9 Å². The van der Waals surface area contributed by atoms with Crippen LogP contribution in [0.5, 0.6) is 0 Å². The lowest BCUT2D eigenvalue weighted by Crippen LogP contribution is -2.43. The van der Waals surface area contributed by atoms with Crippen LogP contribution in [0.3, 0.4) is 0 Å². The predicted octanol–water partition coefficient (Wildman–Crippen LogP) is 1.06. The zero-order chi connectivity index (χ0) is 15.7. The highest BCUT2D eigenvalue weighted by atomic mass is 35.5. The summed E-state index contributed by atoms with van der Waals surface area (Å²) in [7, 11) is 0. The molecule has 0 amide bonds. The third-order valence-electron chi connectivity index (χ3n) is 3.27. The molecule has 0 aliphatic carbocycles. The third-order valence-corrected chi connectivity index (χ3v) is 3.64. The number of nitrogens with two attached hydrogens (primary N) is 2. The summed E-state index contributed by atoms with van der Waals surface area (Å²) in [5.74, 6) is 0.441. The van der Waals surface area contributed by atoms with Crippen molar-refractivity contribution in [1.82, 2.24) is 15.3 Å². The number of nitriles is 1.